The van der Waals surface area contributed by atoms with Crippen molar-refractivity contribution in [2.75, 3.05) is 13.6 Å². The van der Waals surface area contributed by atoms with Crippen LogP contribution in [-0.2, 0) is 19.5 Å². The normalized spacial score (nSPS) is 14.8. The number of carbonyl (C=O) groups excluding carboxylic acids is 1. The van der Waals surface area contributed by atoms with Crippen LogP contribution in [-0.4, -0.2) is 28.8 Å². The van der Waals surface area contributed by atoms with Gasteiger partial charge in [-0.25, -0.2) is 0 Å². The Labute approximate surface area is 142 Å². The molecule has 1 aliphatic heterocycles. The fraction of sp³-hybridized carbons (Fsp3) is 0.286. The van der Waals surface area contributed by atoms with Crippen LogP contribution in [0.4, 0.5) is 0 Å². The van der Waals surface area contributed by atoms with Crippen LogP contribution < -0.4 is 0 Å². The van der Waals surface area contributed by atoms with Gasteiger partial charge in [-0.05, 0) is 31.2 Å². The highest BCUT2D eigenvalue weighted by molar-refractivity contribution is 5.94. The number of aromatic nitrogens is 1. The van der Waals surface area contributed by atoms with Gasteiger partial charge in [-0.1, -0.05) is 42.5 Å². The SMILES string of the molecule is CC(=O)c1ccc(Cn2c3c(c4ccccc42)CN(C)CC3)cc1. The van der Waals surface area contributed by atoms with Crippen molar-refractivity contribution in [3.63, 3.8) is 0 Å². The first-order valence-electron chi connectivity index (χ1n) is 8.51. The molecule has 0 amide bonds. The van der Waals surface area contributed by atoms with E-state index in [1.807, 2.05) is 12.1 Å². The number of fused-ring (bicyclic) bond motifs is 3. The molecular weight excluding hydrogens is 296 g/mol. The minimum Gasteiger partial charge on any atom is -0.340 e. The maximum atomic E-state index is 11.5. The summed E-state index contributed by atoms with van der Waals surface area (Å²) in [7, 11) is 2.19. The van der Waals surface area contributed by atoms with Gasteiger partial charge in [0.05, 0.1) is 0 Å². The number of carbonyl (C=O) groups is 1. The molecule has 0 spiro atoms. The molecule has 122 valence electrons. The zero-order valence-corrected chi connectivity index (χ0v) is 14.2. The molecule has 1 aromatic heterocycles. The van der Waals surface area contributed by atoms with Crippen LogP contribution >= 0.6 is 0 Å². The first kappa shape index (κ1) is 15.2. The second kappa shape index (κ2) is 5.91. The lowest BCUT2D eigenvalue weighted by Gasteiger charge is -2.24. The van der Waals surface area contributed by atoms with Crippen LogP contribution in [0.2, 0.25) is 0 Å². The van der Waals surface area contributed by atoms with Crippen molar-refractivity contribution in [2.45, 2.75) is 26.4 Å². The molecule has 0 N–H and O–H groups in total. The molecule has 0 radical (unpaired) electrons. The summed E-state index contributed by atoms with van der Waals surface area (Å²) >= 11 is 0. The van der Waals surface area contributed by atoms with Gasteiger partial charge in [0.2, 0.25) is 0 Å². The second-order valence-electron chi connectivity index (χ2n) is 6.77. The molecule has 3 heteroatoms. The van der Waals surface area contributed by atoms with Crippen LogP contribution in [0.15, 0.2) is 48.5 Å². The molecule has 0 unspecified atom stereocenters. The van der Waals surface area contributed by atoms with Gasteiger partial charge in [-0.3, -0.25) is 4.79 Å². The van der Waals surface area contributed by atoms with Crippen molar-refractivity contribution >= 4 is 16.7 Å². The molecule has 4 rings (SSSR count). The largest absolute Gasteiger partial charge is 0.340 e. The van der Waals surface area contributed by atoms with Crippen LogP contribution in [0.25, 0.3) is 10.9 Å². The summed E-state index contributed by atoms with van der Waals surface area (Å²) in [6.07, 6.45) is 1.09. The minimum absolute atomic E-state index is 0.119. The van der Waals surface area contributed by atoms with Crippen molar-refractivity contribution in [3.05, 3.63) is 70.9 Å². The van der Waals surface area contributed by atoms with Gasteiger partial charge in [0.1, 0.15) is 0 Å². The van der Waals surface area contributed by atoms with E-state index in [-0.39, 0.29) is 5.78 Å². The standard InChI is InChI=1S/C21H22N2O/c1-15(24)17-9-7-16(8-10-17)13-23-20-6-4-3-5-18(20)19-14-22(2)12-11-21(19)23/h3-10H,11-14H2,1-2H3. The zero-order valence-electron chi connectivity index (χ0n) is 14.2. The lowest BCUT2D eigenvalue weighted by molar-refractivity contribution is 0.101. The van der Waals surface area contributed by atoms with Crippen LogP contribution in [0.3, 0.4) is 0 Å². The number of likely N-dealkylation sites (N-methyl/N-ethyl adjacent to an activating group) is 1. The number of nitrogens with zero attached hydrogens (tertiary/aromatic N) is 2. The monoisotopic (exact) mass is 318 g/mol. The van der Waals surface area contributed by atoms with Gasteiger partial charge in [0.15, 0.2) is 5.78 Å². The zero-order chi connectivity index (χ0) is 16.7. The first-order valence-corrected chi connectivity index (χ1v) is 8.51. The van der Waals surface area contributed by atoms with E-state index in [0.717, 1.165) is 31.6 Å². The number of Topliss-reactive ketones (excluding diaryl/α,β-unsaturated/α-hetero) is 1. The summed E-state index contributed by atoms with van der Waals surface area (Å²) in [6.45, 7) is 4.60. The smallest absolute Gasteiger partial charge is 0.159 e. The van der Waals surface area contributed by atoms with E-state index in [1.165, 1.54) is 27.7 Å². The van der Waals surface area contributed by atoms with Gasteiger partial charge in [-0.15, -0.1) is 0 Å². The van der Waals surface area contributed by atoms with Crippen molar-refractivity contribution < 1.29 is 4.79 Å². The summed E-state index contributed by atoms with van der Waals surface area (Å²) in [5.74, 6) is 0.119. The Morgan fingerprint density at radius 1 is 1.08 bits per heavy atom. The summed E-state index contributed by atoms with van der Waals surface area (Å²) in [6, 6.07) is 16.7. The Morgan fingerprint density at radius 3 is 2.58 bits per heavy atom. The molecular formula is C21H22N2O. The van der Waals surface area contributed by atoms with Crippen molar-refractivity contribution in [2.24, 2.45) is 0 Å². The molecule has 3 aromatic rings. The Kier molecular flexibility index (Phi) is 3.73. The van der Waals surface area contributed by atoms with E-state index in [1.54, 1.807) is 6.92 Å². The number of benzene rings is 2. The quantitative estimate of drug-likeness (QED) is 0.685. The minimum atomic E-state index is 0.119. The molecule has 3 nitrogen and oxygen atoms in total. The molecule has 0 atom stereocenters. The molecule has 24 heavy (non-hydrogen) atoms. The number of rotatable bonds is 3. The third-order valence-electron chi connectivity index (χ3n) is 5.05. The topological polar surface area (TPSA) is 25.2 Å². The van der Waals surface area contributed by atoms with E-state index in [0.29, 0.717) is 0 Å². The maximum Gasteiger partial charge on any atom is 0.159 e. The number of para-hydroxylation sites is 1. The molecule has 0 saturated carbocycles. The number of ketones is 1. The van der Waals surface area contributed by atoms with Crippen LogP contribution in [0.5, 0.6) is 0 Å². The third-order valence-corrected chi connectivity index (χ3v) is 5.05. The van der Waals surface area contributed by atoms with E-state index in [9.17, 15) is 4.79 Å². The van der Waals surface area contributed by atoms with E-state index in [2.05, 4.69) is 52.9 Å². The Morgan fingerprint density at radius 2 is 1.83 bits per heavy atom. The fourth-order valence-corrected chi connectivity index (χ4v) is 3.74. The van der Waals surface area contributed by atoms with Crippen LogP contribution in [0, 0.1) is 0 Å². The van der Waals surface area contributed by atoms with Gasteiger partial charge in [-0.2, -0.15) is 0 Å². The number of hydrogen-bond donors (Lipinski definition) is 0. The molecule has 1 aliphatic rings. The van der Waals surface area contributed by atoms with Crippen molar-refractivity contribution in [3.8, 4) is 0 Å². The highest BCUT2D eigenvalue weighted by Gasteiger charge is 2.22. The first-order chi connectivity index (χ1) is 11.6. The average molecular weight is 318 g/mol. The highest BCUT2D eigenvalue weighted by atomic mass is 16.1. The van der Waals surface area contributed by atoms with Gasteiger partial charge >= 0.3 is 0 Å². The van der Waals surface area contributed by atoms with E-state index >= 15 is 0 Å². The summed E-state index contributed by atoms with van der Waals surface area (Å²) in [4.78, 5) is 13.9. The van der Waals surface area contributed by atoms with Crippen molar-refractivity contribution in [1.82, 2.24) is 9.47 Å². The van der Waals surface area contributed by atoms with Crippen molar-refractivity contribution in [1.29, 1.82) is 0 Å². The highest BCUT2D eigenvalue weighted by Crippen LogP contribution is 2.31. The molecule has 2 heterocycles. The van der Waals surface area contributed by atoms with Gasteiger partial charge in [0, 0.05) is 48.2 Å². The van der Waals surface area contributed by atoms with E-state index in [4.69, 9.17) is 0 Å². The maximum absolute atomic E-state index is 11.5. The summed E-state index contributed by atoms with van der Waals surface area (Å²) in [5.41, 5.74) is 6.26. The fourth-order valence-electron chi connectivity index (χ4n) is 3.74. The summed E-state index contributed by atoms with van der Waals surface area (Å²) in [5, 5.41) is 1.37. The Hall–Kier alpha value is -2.39. The van der Waals surface area contributed by atoms with Gasteiger partial charge in [0.25, 0.3) is 0 Å². The molecule has 0 saturated heterocycles. The van der Waals surface area contributed by atoms with E-state index < -0.39 is 0 Å². The van der Waals surface area contributed by atoms with Gasteiger partial charge < -0.3 is 9.47 Å². The Balaban J connectivity index is 1.78. The predicted octanol–water partition coefficient (Wildman–Crippen LogP) is 3.88. The predicted molar refractivity (Wildman–Crippen MR) is 97.5 cm³/mol. The average Bonchev–Trinajstić information content (AvgIpc) is 2.89. The lowest BCUT2D eigenvalue weighted by Crippen LogP contribution is -2.27. The molecule has 0 aliphatic carbocycles. The van der Waals surface area contributed by atoms with Crippen LogP contribution in [0.1, 0.15) is 34.1 Å². The Bertz CT molecular complexity index is 905. The third kappa shape index (κ3) is 2.55. The second-order valence-corrected chi connectivity index (χ2v) is 6.77. The number of hydrogen-bond acceptors (Lipinski definition) is 2. The lowest BCUT2D eigenvalue weighted by atomic mass is 10.0. The molecule has 0 bridgehead atoms. The molecule has 2 aromatic carbocycles. The molecule has 0 fully saturated rings. The summed E-state index contributed by atoms with van der Waals surface area (Å²) < 4.78 is 2.46.